The minimum atomic E-state index is 0.834. The van der Waals surface area contributed by atoms with Crippen LogP contribution in [-0.2, 0) is 6.42 Å². The van der Waals surface area contributed by atoms with Crippen LogP contribution in [0.15, 0.2) is 11.2 Å². The van der Waals surface area contributed by atoms with E-state index in [4.69, 9.17) is 4.99 Å². The number of hydrogen-bond acceptors (Lipinski definition) is 4. The van der Waals surface area contributed by atoms with Crippen LogP contribution in [0.5, 0.6) is 0 Å². The van der Waals surface area contributed by atoms with Crippen LogP contribution in [0.2, 0.25) is 0 Å². The summed E-state index contributed by atoms with van der Waals surface area (Å²) in [6, 6.07) is 0. The Kier molecular flexibility index (Phi) is 7.82. The molecule has 2 rings (SSSR count). The molecule has 0 saturated carbocycles. The van der Waals surface area contributed by atoms with Gasteiger partial charge in [0.05, 0.1) is 11.6 Å². The van der Waals surface area contributed by atoms with E-state index in [-0.39, 0.29) is 0 Å². The third kappa shape index (κ3) is 6.87. The highest BCUT2D eigenvalue weighted by Crippen LogP contribution is 2.14. The van der Waals surface area contributed by atoms with Crippen LogP contribution >= 0.6 is 11.3 Å². The number of rotatable bonds is 7. The summed E-state index contributed by atoms with van der Waals surface area (Å²) in [5, 5.41) is 7.92. The highest BCUT2D eigenvalue weighted by molar-refractivity contribution is 7.11. The lowest BCUT2D eigenvalue weighted by Gasteiger charge is -2.30. The molecule has 0 aliphatic carbocycles. The summed E-state index contributed by atoms with van der Waals surface area (Å²) in [7, 11) is 0. The number of nitrogens with zero attached hydrogens (tertiary/aromatic N) is 3. The maximum atomic E-state index is 4.70. The molecule has 1 aliphatic rings. The molecule has 2 N–H and O–H groups in total. The fraction of sp³-hybridized carbons (Fsp3) is 0.765. The van der Waals surface area contributed by atoms with Gasteiger partial charge in [0.2, 0.25) is 0 Å². The smallest absolute Gasteiger partial charge is 0.191 e. The Hall–Kier alpha value is -1.14. The Balaban J connectivity index is 1.70. The van der Waals surface area contributed by atoms with E-state index in [2.05, 4.69) is 41.3 Å². The Morgan fingerprint density at radius 3 is 3.04 bits per heavy atom. The number of hydrogen-bond donors (Lipinski definition) is 2. The van der Waals surface area contributed by atoms with Gasteiger partial charge < -0.3 is 15.5 Å². The summed E-state index contributed by atoms with van der Waals surface area (Å²) in [5.74, 6) is 1.76. The maximum absolute atomic E-state index is 4.70. The summed E-state index contributed by atoms with van der Waals surface area (Å²) in [6.07, 6.45) is 5.60. The molecule has 0 aromatic carbocycles. The van der Waals surface area contributed by atoms with E-state index in [1.165, 1.54) is 35.8 Å². The number of likely N-dealkylation sites (tertiary alicyclic amines) is 1. The first-order chi connectivity index (χ1) is 11.2. The molecule has 1 atom stereocenters. The van der Waals surface area contributed by atoms with E-state index >= 15 is 0 Å². The number of thiazole rings is 1. The molecule has 2 heterocycles. The van der Waals surface area contributed by atoms with Crippen LogP contribution in [0, 0.1) is 12.8 Å². The van der Waals surface area contributed by atoms with Gasteiger partial charge in [-0.1, -0.05) is 6.92 Å². The van der Waals surface area contributed by atoms with Crippen molar-refractivity contribution in [3.63, 3.8) is 0 Å². The molecule has 1 aromatic rings. The van der Waals surface area contributed by atoms with E-state index in [9.17, 15) is 0 Å². The topological polar surface area (TPSA) is 52.6 Å². The number of aryl methyl sites for hydroxylation is 1. The van der Waals surface area contributed by atoms with Crippen molar-refractivity contribution in [3.05, 3.63) is 16.1 Å². The van der Waals surface area contributed by atoms with Crippen molar-refractivity contribution in [2.75, 3.05) is 39.3 Å². The third-order valence-corrected chi connectivity index (χ3v) is 5.04. The Labute approximate surface area is 144 Å². The van der Waals surface area contributed by atoms with Crippen molar-refractivity contribution in [2.24, 2.45) is 10.9 Å². The van der Waals surface area contributed by atoms with Gasteiger partial charge >= 0.3 is 0 Å². The molecule has 130 valence electrons. The molecular weight excluding hydrogens is 306 g/mol. The van der Waals surface area contributed by atoms with Gasteiger partial charge in [-0.05, 0) is 39.2 Å². The van der Waals surface area contributed by atoms with Gasteiger partial charge in [0.15, 0.2) is 5.96 Å². The number of piperidine rings is 1. The summed E-state index contributed by atoms with van der Waals surface area (Å²) in [5.41, 5.74) is 0. The fourth-order valence-corrected chi connectivity index (χ4v) is 3.73. The zero-order valence-corrected chi connectivity index (χ0v) is 15.6. The molecule has 6 heteroatoms. The number of guanidine groups is 1. The van der Waals surface area contributed by atoms with Crippen molar-refractivity contribution in [3.8, 4) is 0 Å². The first-order valence-corrected chi connectivity index (χ1v) is 9.65. The molecule has 1 aliphatic heterocycles. The standard InChI is InChI=1S/C17H31N5S/c1-4-18-17(19-8-7-16-21-12-15(3)23-16)20-9-11-22-10-5-6-14(2)13-22/h12,14H,4-11,13H2,1-3H3,(H2,18,19,20). The quantitative estimate of drug-likeness (QED) is 0.592. The van der Waals surface area contributed by atoms with Gasteiger partial charge in [0.1, 0.15) is 0 Å². The van der Waals surface area contributed by atoms with Crippen molar-refractivity contribution in [1.82, 2.24) is 20.5 Å². The van der Waals surface area contributed by atoms with Crippen molar-refractivity contribution in [2.45, 2.75) is 40.0 Å². The summed E-state index contributed by atoms with van der Waals surface area (Å²) in [6.45, 7) is 12.7. The Morgan fingerprint density at radius 2 is 2.35 bits per heavy atom. The van der Waals surface area contributed by atoms with Crippen LogP contribution in [-0.4, -0.2) is 55.1 Å². The SMILES string of the molecule is CCNC(=NCCN1CCCC(C)C1)NCCc1ncc(C)s1. The number of aromatic nitrogens is 1. The predicted octanol–water partition coefficient (Wildman–Crippen LogP) is 2.28. The third-order valence-electron chi connectivity index (χ3n) is 4.07. The van der Waals surface area contributed by atoms with Gasteiger partial charge in [0.25, 0.3) is 0 Å². The highest BCUT2D eigenvalue weighted by atomic mass is 32.1. The summed E-state index contributed by atoms with van der Waals surface area (Å²) >= 11 is 1.77. The average Bonchev–Trinajstić information content (AvgIpc) is 2.93. The second-order valence-electron chi connectivity index (χ2n) is 6.35. The van der Waals surface area contributed by atoms with Crippen molar-refractivity contribution >= 4 is 17.3 Å². The predicted molar refractivity (Wildman–Crippen MR) is 99.4 cm³/mol. The molecule has 1 aromatic heterocycles. The monoisotopic (exact) mass is 337 g/mol. The lowest BCUT2D eigenvalue weighted by atomic mass is 10.0. The Morgan fingerprint density at radius 1 is 1.48 bits per heavy atom. The molecule has 1 saturated heterocycles. The second-order valence-corrected chi connectivity index (χ2v) is 7.67. The van der Waals surface area contributed by atoms with E-state index < -0.39 is 0 Å². The van der Waals surface area contributed by atoms with Gasteiger partial charge in [0, 0.05) is 43.7 Å². The van der Waals surface area contributed by atoms with Crippen LogP contribution < -0.4 is 10.6 Å². The van der Waals surface area contributed by atoms with Crippen LogP contribution in [0.1, 0.15) is 36.6 Å². The van der Waals surface area contributed by atoms with E-state index in [1.807, 2.05) is 6.20 Å². The Bertz CT molecular complexity index is 485. The largest absolute Gasteiger partial charge is 0.357 e. The summed E-state index contributed by atoms with van der Waals surface area (Å²) in [4.78, 5) is 12.9. The lowest BCUT2D eigenvalue weighted by Crippen LogP contribution is -2.40. The maximum Gasteiger partial charge on any atom is 0.191 e. The lowest BCUT2D eigenvalue weighted by molar-refractivity contribution is 0.189. The zero-order valence-electron chi connectivity index (χ0n) is 14.8. The molecule has 0 bridgehead atoms. The molecule has 0 spiro atoms. The zero-order chi connectivity index (χ0) is 16.5. The minimum absolute atomic E-state index is 0.834. The van der Waals surface area contributed by atoms with Gasteiger partial charge in [-0.2, -0.15) is 0 Å². The summed E-state index contributed by atoms with van der Waals surface area (Å²) < 4.78 is 0. The molecule has 0 radical (unpaired) electrons. The molecular formula is C17H31N5S. The first kappa shape index (κ1) is 18.2. The van der Waals surface area contributed by atoms with E-state index in [1.54, 1.807) is 11.3 Å². The van der Waals surface area contributed by atoms with Crippen LogP contribution in [0.4, 0.5) is 0 Å². The average molecular weight is 338 g/mol. The van der Waals surface area contributed by atoms with Gasteiger partial charge in [-0.15, -0.1) is 11.3 Å². The van der Waals surface area contributed by atoms with Crippen LogP contribution in [0.25, 0.3) is 0 Å². The molecule has 1 unspecified atom stereocenters. The highest BCUT2D eigenvalue weighted by Gasteiger charge is 2.15. The van der Waals surface area contributed by atoms with Gasteiger partial charge in [-0.25, -0.2) is 4.98 Å². The first-order valence-electron chi connectivity index (χ1n) is 8.83. The van der Waals surface area contributed by atoms with Crippen molar-refractivity contribution < 1.29 is 0 Å². The van der Waals surface area contributed by atoms with E-state index in [0.717, 1.165) is 44.5 Å². The van der Waals surface area contributed by atoms with E-state index in [0.29, 0.717) is 0 Å². The van der Waals surface area contributed by atoms with Gasteiger partial charge in [-0.3, -0.25) is 4.99 Å². The molecule has 23 heavy (non-hydrogen) atoms. The second kappa shape index (κ2) is 9.88. The minimum Gasteiger partial charge on any atom is -0.357 e. The molecule has 0 amide bonds. The molecule has 1 fully saturated rings. The molecule has 5 nitrogen and oxygen atoms in total. The number of aliphatic imine (C=N–C) groups is 1. The normalized spacial score (nSPS) is 19.8. The number of nitrogens with one attached hydrogen (secondary N) is 2. The fourth-order valence-electron chi connectivity index (χ4n) is 2.94. The van der Waals surface area contributed by atoms with Crippen LogP contribution in [0.3, 0.4) is 0 Å². The van der Waals surface area contributed by atoms with Crippen molar-refractivity contribution in [1.29, 1.82) is 0 Å².